The van der Waals surface area contributed by atoms with Gasteiger partial charge in [0.15, 0.2) is 0 Å². The number of rotatable bonds is 20. The molecular formula is C49H52O8. The van der Waals surface area contributed by atoms with Crippen LogP contribution in [0.1, 0.15) is 57.3 Å². The summed E-state index contributed by atoms with van der Waals surface area (Å²) in [7, 11) is 0. The lowest BCUT2D eigenvalue weighted by Crippen LogP contribution is -2.68. The average Bonchev–Trinajstić information content (AvgIpc) is 3.61. The molecule has 1 N–H and O–H groups in total. The zero-order valence-corrected chi connectivity index (χ0v) is 32.6. The molecule has 5 aromatic rings. The highest BCUT2D eigenvalue weighted by atomic mass is 16.8. The molecule has 0 radical (unpaired) electrons. The van der Waals surface area contributed by atoms with E-state index in [1.165, 1.54) is 5.56 Å². The maximum atomic E-state index is 13.6. The van der Waals surface area contributed by atoms with E-state index in [0.717, 1.165) is 59.3 Å². The van der Waals surface area contributed by atoms with E-state index >= 15 is 0 Å². The van der Waals surface area contributed by atoms with Crippen molar-refractivity contribution in [2.24, 2.45) is 0 Å². The summed E-state index contributed by atoms with van der Waals surface area (Å²) in [5.74, 6) is -2.81. The Morgan fingerprint density at radius 2 is 1.32 bits per heavy atom. The molecule has 0 aliphatic carbocycles. The maximum absolute atomic E-state index is 13.6. The summed E-state index contributed by atoms with van der Waals surface area (Å²) >= 11 is 0. The van der Waals surface area contributed by atoms with Gasteiger partial charge in [0.2, 0.25) is 11.4 Å². The van der Waals surface area contributed by atoms with Crippen molar-refractivity contribution in [3.63, 3.8) is 0 Å². The summed E-state index contributed by atoms with van der Waals surface area (Å²) in [6, 6.07) is 44.2. The first-order chi connectivity index (χ1) is 27.9. The van der Waals surface area contributed by atoms with E-state index in [4.69, 9.17) is 28.4 Å². The zero-order chi connectivity index (χ0) is 39.5. The molecular weight excluding hydrogens is 717 g/mol. The van der Waals surface area contributed by atoms with Crippen molar-refractivity contribution in [3.8, 4) is 0 Å². The third-order valence-corrected chi connectivity index (χ3v) is 10.9. The van der Waals surface area contributed by atoms with Crippen molar-refractivity contribution in [1.82, 2.24) is 0 Å². The summed E-state index contributed by atoms with van der Waals surface area (Å²) in [5.41, 5.74) is 6.16. The van der Waals surface area contributed by atoms with E-state index in [0.29, 0.717) is 18.6 Å². The first kappa shape index (κ1) is 40.3. The van der Waals surface area contributed by atoms with Gasteiger partial charge in [-0.3, -0.25) is 0 Å². The molecule has 2 aliphatic heterocycles. The number of carboxylic acid groups (broad SMARTS) is 1. The molecule has 2 saturated heterocycles. The number of benzene rings is 5. The SMILES string of the molecule is C=CCOCCCCc1ccc(Cc2cc([C@]34OC[C@](C(=O)O)(O3)[C@@H](OCc3ccccc3)[C@H](OCc3ccccc3)[C@H]4OCc3ccccc3)ccc2C)cc1. The Kier molecular flexibility index (Phi) is 13.4. The molecule has 0 amide bonds. The maximum Gasteiger partial charge on any atom is 0.341 e. The van der Waals surface area contributed by atoms with E-state index in [1.54, 1.807) is 6.08 Å². The van der Waals surface area contributed by atoms with Gasteiger partial charge in [-0.05, 0) is 77.6 Å². The third kappa shape index (κ3) is 9.45. The van der Waals surface area contributed by atoms with Crippen LogP contribution in [0.25, 0.3) is 0 Å². The number of aryl methyl sites for hydroxylation is 2. The molecule has 296 valence electrons. The Morgan fingerprint density at radius 3 is 1.91 bits per heavy atom. The monoisotopic (exact) mass is 768 g/mol. The van der Waals surface area contributed by atoms with Crippen LogP contribution < -0.4 is 0 Å². The zero-order valence-electron chi connectivity index (χ0n) is 32.6. The lowest BCUT2D eigenvalue weighted by atomic mass is 9.82. The summed E-state index contributed by atoms with van der Waals surface area (Å²) in [6.45, 7) is 7.40. The fraction of sp³-hybridized carbons (Fsp3) is 0.327. The minimum absolute atomic E-state index is 0.144. The van der Waals surface area contributed by atoms with Gasteiger partial charge in [-0.1, -0.05) is 133 Å². The van der Waals surface area contributed by atoms with Crippen molar-refractivity contribution in [1.29, 1.82) is 0 Å². The van der Waals surface area contributed by atoms with Crippen LogP contribution in [-0.4, -0.2) is 54.8 Å². The lowest BCUT2D eigenvalue weighted by molar-refractivity contribution is -0.345. The molecule has 2 heterocycles. The standard InChI is InChI=1S/C49H52O8/c1-3-28-52-29-14-13-15-37-23-25-38(26-24-37)30-42-31-43(27-22-36(42)2)49-46(55-34-41-20-11-6-12-21-41)44(53-32-39-16-7-4-8-17-39)45(48(57-49,35-56-49)47(50)51)54-33-40-18-9-5-10-19-40/h3-12,16-27,31,44-46H,1,13-15,28-30,32-35H2,2H3,(H,50,51)/t44-,45-,46+,48-,49-/m0/s1. The van der Waals surface area contributed by atoms with E-state index in [2.05, 4.69) is 43.8 Å². The Balaban J connectivity index is 1.22. The molecule has 57 heavy (non-hydrogen) atoms. The van der Waals surface area contributed by atoms with E-state index in [-0.39, 0.29) is 26.4 Å². The van der Waals surface area contributed by atoms with Crippen molar-refractivity contribution < 1.29 is 38.3 Å². The molecule has 0 unspecified atom stereocenters. The van der Waals surface area contributed by atoms with Gasteiger partial charge in [-0.15, -0.1) is 6.58 Å². The summed E-state index contributed by atoms with van der Waals surface area (Å²) in [5, 5.41) is 11.1. The Bertz CT molecular complexity index is 2040. The van der Waals surface area contributed by atoms with Crippen LogP contribution in [0.5, 0.6) is 0 Å². The number of aliphatic carboxylic acids is 1. The second-order valence-corrected chi connectivity index (χ2v) is 14.9. The summed E-state index contributed by atoms with van der Waals surface area (Å²) in [4.78, 5) is 13.6. The second kappa shape index (κ2) is 19.0. The van der Waals surface area contributed by atoms with Crippen molar-refractivity contribution in [2.75, 3.05) is 19.8 Å². The number of unbranched alkanes of at least 4 members (excludes halogenated alkanes) is 1. The minimum Gasteiger partial charge on any atom is -0.479 e. The van der Waals surface area contributed by atoms with Crippen molar-refractivity contribution in [3.05, 3.63) is 191 Å². The molecule has 2 aliphatic rings. The van der Waals surface area contributed by atoms with Crippen LogP contribution in [-0.2, 0) is 71.7 Å². The van der Waals surface area contributed by atoms with Gasteiger partial charge in [0, 0.05) is 12.2 Å². The second-order valence-electron chi connectivity index (χ2n) is 14.9. The first-order valence-corrected chi connectivity index (χ1v) is 19.8. The molecule has 5 aromatic carbocycles. The lowest BCUT2D eigenvalue weighted by Gasteiger charge is -2.49. The predicted molar refractivity (Wildman–Crippen MR) is 219 cm³/mol. The molecule has 7 rings (SSSR count). The van der Waals surface area contributed by atoms with Crippen LogP contribution >= 0.6 is 0 Å². The third-order valence-electron chi connectivity index (χ3n) is 10.9. The number of carbonyl (C=O) groups is 1. The summed E-state index contributed by atoms with van der Waals surface area (Å²) in [6.07, 6.45) is 2.58. The number of hydrogen-bond acceptors (Lipinski definition) is 7. The predicted octanol–water partition coefficient (Wildman–Crippen LogP) is 8.90. The Morgan fingerprint density at radius 1 is 0.737 bits per heavy atom. The Hall–Kier alpha value is -4.93. The molecule has 2 fully saturated rings. The highest BCUT2D eigenvalue weighted by Gasteiger charge is 2.72. The van der Waals surface area contributed by atoms with E-state index in [9.17, 15) is 9.90 Å². The van der Waals surface area contributed by atoms with Crippen LogP contribution in [0.15, 0.2) is 146 Å². The molecule has 2 bridgehead atoms. The molecule has 8 nitrogen and oxygen atoms in total. The first-order valence-electron chi connectivity index (χ1n) is 19.8. The van der Waals surface area contributed by atoms with Gasteiger partial charge in [0.05, 0.1) is 33.0 Å². The number of hydrogen-bond donors (Lipinski definition) is 1. The van der Waals surface area contributed by atoms with E-state index in [1.807, 2.05) is 103 Å². The van der Waals surface area contributed by atoms with Gasteiger partial charge in [-0.25, -0.2) is 4.79 Å². The van der Waals surface area contributed by atoms with Gasteiger partial charge >= 0.3 is 5.97 Å². The fourth-order valence-corrected chi connectivity index (χ4v) is 7.72. The van der Waals surface area contributed by atoms with Gasteiger partial charge < -0.3 is 33.5 Å². The van der Waals surface area contributed by atoms with Gasteiger partial charge in [0.25, 0.3) is 0 Å². The van der Waals surface area contributed by atoms with Crippen molar-refractivity contribution in [2.45, 2.75) is 82.1 Å². The van der Waals surface area contributed by atoms with E-state index < -0.39 is 35.7 Å². The topological polar surface area (TPSA) is 92.7 Å². The largest absolute Gasteiger partial charge is 0.479 e. The number of fused-ring (bicyclic) bond motifs is 2. The molecule has 0 saturated carbocycles. The van der Waals surface area contributed by atoms with Crippen LogP contribution in [0, 0.1) is 6.92 Å². The van der Waals surface area contributed by atoms with Crippen LogP contribution in [0.4, 0.5) is 0 Å². The minimum atomic E-state index is -1.89. The molecule has 8 heteroatoms. The van der Waals surface area contributed by atoms with Crippen LogP contribution in [0.2, 0.25) is 0 Å². The Labute approximate surface area is 336 Å². The normalized spacial score (nSPS) is 22.6. The number of carboxylic acids is 1. The highest BCUT2D eigenvalue weighted by molar-refractivity contribution is 5.80. The smallest absolute Gasteiger partial charge is 0.341 e. The average molecular weight is 769 g/mol. The van der Waals surface area contributed by atoms with Gasteiger partial charge in [0.1, 0.15) is 18.3 Å². The molecule has 0 spiro atoms. The molecule has 0 aromatic heterocycles. The quantitative estimate of drug-likeness (QED) is 0.0621. The molecule has 5 atom stereocenters. The number of ether oxygens (including phenoxy) is 6. The highest BCUT2D eigenvalue weighted by Crippen LogP contribution is 2.53. The van der Waals surface area contributed by atoms with Crippen LogP contribution in [0.3, 0.4) is 0 Å². The van der Waals surface area contributed by atoms with Crippen molar-refractivity contribution >= 4 is 5.97 Å². The summed E-state index contributed by atoms with van der Waals surface area (Å²) < 4.78 is 39.4. The van der Waals surface area contributed by atoms with Gasteiger partial charge in [-0.2, -0.15) is 0 Å². The fourth-order valence-electron chi connectivity index (χ4n) is 7.72.